The molecule has 0 aromatic carbocycles. The third kappa shape index (κ3) is 4.02. The Morgan fingerprint density at radius 1 is 1.35 bits per heavy atom. The van der Waals surface area contributed by atoms with Crippen LogP contribution in [0.15, 0.2) is 6.33 Å². The van der Waals surface area contributed by atoms with Gasteiger partial charge in [0.05, 0.1) is 7.11 Å². The molecule has 0 spiro atoms. The van der Waals surface area contributed by atoms with Gasteiger partial charge in [-0.3, -0.25) is 0 Å². The van der Waals surface area contributed by atoms with E-state index in [9.17, 15) is 0 Å². The summed E-state index contributed by atoms with van der Waals surface area (Å²) >= 11 is 5.92. The normalized spacial score (nSPS) is 10.4. The molecule has 0 amide bonds. The lowest BCUT2D eigenvalue weighted by atomic mass is 10.2. The van der Waals surface area contributed by atoms with Crippen molar-refractivity contribution in [1.29, 1.82) is 0 Å². The molecule has 1 heterocycles. The van der Waals surface area contributed by atoms with Crippen molar-refractivity contribution in [2.24, 2.45) is 0 Å². The minimum Gasteiger partial charge on any atom is -0.490 e. The number of methoxy groups -OCH3 is 1. The van der Waals surface area contributed by atoms with Gasteiger partial charge in [0.2, 0.25) is 0 Å². The van der Waals surface area contributed by atoms with Crippen LogP contribution in [0.2, 0.25) is 5.15 Å². The molecule has 0 unspecified atom stereocenters. The van der Waals surface area contributed by atoms with Crippen molar-refractivity contribution in [1.82, 2.24) is 9.97 Å². The van der Waals surface area contributed by atoms with E-state index >= 15 is 0 Å². The maximum atomic E-state index is 8.70. The Kier molecular flexibility index (Phi) is 6.00. The minimum absolute atomic E-state index is 0.242. The van der Waals surface area contributed by atoms with Crippen LogP contribution in [0.5, 0.6) is 5.75 Å². The van der Waals surface area contributed by atoms with Crippen molar-refractivity contribution in [3.8, 4) is 5.75 Å². The number of hydrogen-bond acceptors (Lipinski definition) is 5. The first-order chi connectivity index (χ1) is 8.20. The molecule has 1 aromatic rings. The summed E-state index contributed by atoms with van der Waals surface area (Å²) in [6.45, 7) is 1.08. The number of anilines is 1. The Morgan fingerprint density at radius 3 is 2.76 bits per heavy atom. The zero-order chi connectivity index (χ0) is 12.7. The number of unbranched alkanes of at least 4 members (excludes halogenated alkanes) is 2. The predicted molar refractivity (Wildman–Crippen MR) is 67.8 cm³/mol. The first-order valence-electron chi connectivity index (χ1n) is 5.57. The highest BCUT2D eigenvalue weighted by molar-refractivity contribution is 6.31. The number of aliphatic hydroxyl groups excluding tert-OH is 1. The van der Waals surface area contributed by atoms with Crippen LogP contribution >= 0.6 is 11.6 Å². The quantitative estimate of drug-likeness (QED) is 0.597. The minimum atomic E-state index is 0.242. The molecule has 0 aliphatic rings. The predicted octanol–water partition coefficient (Wildman–Crippen LogP) is 1.74. The average Bonchev–Trinajstić information content (AvgIpc) is 2.34. The molecular formula is C11H18ClN3O2. The lowest BCUT2D eigenvalue weighted by Gasteiger charge is -2.20. The van der Waals surface area contributed by atoms with Gasteiger partial charge < -0.3 is 14.7 Å². The van der Waals surface area contributed by atoms with E-state index in [0.717, 1.165) is 25.8 Å². The van der Waals surface area contributed by atoms with Crippen LogP contribution in [0.25, 0.3) is 0 Å². The molecule has 0 atom stereocenters. The molecule has 0 bridgehead atoms. The van der Waals surface area contributed by atoms with Gasteiger partial charge in [-0.25, -0.2) is 9.97 Å². The maximum Gasteiger partial charge on any atom is 0.199 e. The Hall–Kier alpha value is -1.07. The number of aliphatic hydroxyl groups is 1. The van der Waals surface area contributed by atoms with Crippen molar-refractivity contribution in [2.45, 2.75) is 19.3 Å². The van der Waals surface area contributed by atoms with Crippen molar-refractivity contribution in [3.05, 3.63) is 11.5 Å². The van der Waals surface area contributed by atoms with Crippen LogP contribution in [-0.4, -0.2) is 42.4 Å². The fourth-order valence-corrected chi connectivity index (χ4v) is 1.74. The van der Waals surface area contributed by atoms with E-state index in [0.29, 0.717) is 16.7 Å². The van der Waals surface area contributed by atoms with Crippen LogP contribution in [0, 0.1) is 0 Å². The third-order valence-corrected chi connectivity index (χ3v) is 2.73. The van der Waals surface area contributed by atoms with Gasteiger partial charge >= 0.3 is 0 Å². The molecule has 0 saturated heterocycles. The lowest BCUT2D eigenvalue weighted by Crippen LogP contribution is -2.20. The van der Waals surface area contributed by atoms with Crippen molar-refractivity contribution < 1.29 is 9.84 Å². The summed E-state index contributed by atoms with van der Waals surface area (Å²) in [5.41, 5.74) is 0. The Morgan fingerprint density at radius 2 is 2.12 bits per heavy atom. The van der Waals surface area contributed by atoms with Crippen molar-refractivity contribution in [2.75, 3.05) is 32.2 Å². The van der Waals surface area contributed by atoms with Crippen LogP contribution in [0.4, 0.5) is 5.82 Å². The number of rotatable bonds is 7. The fraction of sp³-hybridized carbons (Fsp3) is 0.636. The monoisotopic (exact) mass is 259 g/mol. The van der Waals surface area contributed by atoms with Gasteiger partial charge in [0, 0.05) is 20.2 Å². The van der Waals surface area contributed by atoms with E-state index in [1.54, 1.807) is 7.11 Å². The summed E-state index contributed by atoms with van der Waals surface area (Å²) in [7, 11) is 3.48. The van der Waals surface area contributed by atoms with E-state index < -0.39 is 0 Å². The standard InChI is InChI=1S/C11H18ClN3O2/c1-15(6-4-3-5-7-16)11-9(17-2)10(12)13-8-14-11/h8,16H,3-7H2,1-2H3. The molecule has 96 valence electrons. The molecule has 6 heteroatoms. The molecule has 0 radical (unpaired) electrons. The average molecular weight is 260 g/mol. The summed E-state index contributed by atoms with van der Waals surface area (Å²) in [6, 6.07) is 0. The second-order valence-corrected chi connectivity index (χ2v) is 4.09. The van der Waals surface area contributed by atoms with Crippen molar-refractivity contribution in [3.63, 3.8) is 0 Å². The Labute approximate surface area is 106 Å². The molecule has 0 fully saturated rings. The number of halogens is 1. The van der Waals surface area contributed by atoms with Crippen LogP contribution in [0.1, 0.15) is 19.3 Å². The van der Waals surface area contributed by atoms with Gasteiger partial charge in [-0.15, -0.1) is 0 Å². The van der Waals surface area contributed by atoms with Crippen LogP contribution in [0.3, 0.4) is 0 Å². The van der Waals surface area contributed by atoms with Gasteiger partial charge in [-0.1, -0.05) is 11.6 Å². The molecule has 1 rings (SSSR count). The smallest absolute Gasteiger partial charge is 0.199 e. The van der Waals surface area contributed by atoms with Crippen LogP contribution < -0.4 is 9.64 Å². The zero-order valence-corrected chi connectivity index (χ0v) is 10.9. The Balaban J connectivity index is 2.61. The summed E-state index contributed by atoms with van der Waals surface area (Å²) in [5, 5.41) is 9.01. The van der Waals surface area contributed by atoms with Gasteiger partial charge in [0.1, 0.15) is 6.33 Å². The van der Waals surface area contributed by atoms with Crippen molar-refractivity contribution >= 4 is 17.4 Å². The number of ether oxygens (including phenoxy) is 1. The lowest BCUT2D eigenvalue weighted by molar-refractivity contribution is 0.283. The van der Waals surface area contributed by atoms with E-state index in [1.165, 1.54) is 6.33 Å². The van der Waals surface area contributed by atoms with E-state index in [4.69, 9.17) is 21.4 Å². The number of nitrogens with zero attached hydrogens (tertiary/aromatic N) is 3. The number of hydrogen-bond donors (Lipinski definition) is 1. The molecule has 0 aliphatic heterocycles. The topological polar surface area (TPSA) is 58.5 Å². The Bertz CT molecular complexity index is 349. The summed E-state index contributed by atoms with van der Waals surface area (Å²) in [4.78, 5) is 10.0. The zero-order valence-electron chi connectivity index (χ0n) is 10.2. The third-order valence-electron chi connectivity index (χ3n) is 2.46. The molecule has 0 aliphatic carbocycles. The van der Waals surface area contributed by atoms with Gasteiger partial charge in [-0.05, 0) is 19.3 Å². The van der Waals surface area contributed by atoms with Gasteiger partial charge in [0.15, 0.2) is 16.7 Å². The molecule has 17 heavy (non-hydrogen) atoms. The first kappa shape index (κ1) is 14.0. The van der Waals surface area contributed by atoms with E-state index in [2.05, 4.69) is 9.97 Å². The molecule has 5 nitrogen and oxygen atoms in total. The first-order valence-corrected chi connectivity index (χ1v) is 5.95. The highest BCUT2D eigenvalue weighted by atomic mass is 35.5. The summed E-state index contributed by atoms with van der Waals surface area (Å²) in [6.07, 6.45) is 4.23. The molecule has 1 aromatic heterocycles. The molecule has 0 saturated carbocycles. The van der Waals surface area contributed by atoms with E-state index in [1.807, 2.05) is 11.9 Å². The summed E-state index contributed by atoms with van der Waals surface area (Å²) < 4.78 is 5.19. The second-order valence-electron chi connectivity index (χ2n) is 3.73. The van der Waals surface area contributed by atoms with Gasteiger partial charge in [-0.2, -0.15) is 0 Å². The van der Waals surface area contributed by atoms with Crippen LogP contribution in [-0.2, 0) is 0 Å². The molecular weight excluding hydrogens is 242 g/mol. The second kappa shape index (κ2) is 7.29. The summed E-state index contributed by atoms with van der Waals surface area (Å²) in [5.74, 6) is 1.19. The largest absolute Gasteiger partial charge is 0.490 e. The molecule has 1 N–H and O–H groups in total. The number of aromatic nitrogens is 2. The highest BCUT2D eigenvalue weighted by Crippen LogP contribution is 2.30. The fourth-order valence-electron chi connectivity index (χ4n) is 1.53. The van der Waals surface area contributed by atoms with E-state index in [-0.39, 0.29) is 6.61 Å². The highest BCUT2D eigenvalue weighted by Gasteiger charge is 2.13. The SMILES string of the molecule is COc1c(Cl)ncnc1N(C)CCCCCO. The maximum absolute atomic E-state index is 8.70. The van der Waals surface area contributed by atoms with Gasteiger partial charge in [0.25, 0.3) is 0 Å².